The van der Waals surface area contributed by atoms with E-state index in [1.807, 2.05) is 0 Å². The molecular formula is C12H15FN2O5S2. The highest BCUT2D eigenvalue weighted by atomic mass is 32.2. The molecule has 0 saturated carbocycles. The van der Waals surface area contributed by atoms with Crippen LogP contribution in [0.15, 0.2) is 18.2 Å². The van der Waals surface area contributed by atoms with Crippen molar-refractivity contribution in [3.8, 4) is 0 Å². The first kappa shape index (κ1) is 18.2. The Balaban J connectivity index is 2.71. The van der Waals surface area contributed by atoms with Crippen molar-refractivity contribution in [3.63, 3.8) is 0 Å². The van der Waals surface area contributed by atoms with Crippen LogP contribution in [0, 0.1) is 5.82 Å². The number of amides is 1. The van der Waals surface area contributed by atoms with Crippen molar-refractivity contribution in [1.82, 2.24) is 5.32 Å². The lowest BCUT2D eigenvalue weighted by Gasteiger charge is -2.11. The summed E-state index contributed by atoms with van der Waals surface area (Å²) in [5.74, 6) is -2.01. The van der Waals surface area contributed by atoms with Gasteiger partial charge in [0, 0.05) is 12.3 Å². The van der Waals surface area contributed by atoms with Gasteiger partial charge in [-0.1, -0.05) is 0 Å². The van der Waals surface area contributed by atoms with Gasteiger partial charge in [0.2, 0.25) is 10.0 Å². The van der Waals surface area contributed by atoms with Crippen molar-refractivity contribution in [2.24, 2.45) is 0 Å². The van der Waals surface area contributed by atoms with Crippen LogP contribution in [-0.4, -0.2) is 49.7 Å². The molecule has 0 fully saturated rings. The standard InChI is InChI=1S/C12H15FN2O5S2/c1-22(19,20)15-10-3-2-8(13)6-9(10)12(18)14-4-5-21-7-11(16)17/h2-3,6,15H,4-5,7H2,1H3,(H,14,18)(H,16,17). The number of anilines is 1. The van der Waals surface area contributed by atoms with Gasteiger partial charge in [0.25, 0.3) is 5.91 Å². The summed E-state index contributed by atoms with van der Waals surface area (Å²) in [6.07, 6.45) is 0.917. The molecule has 22 heavy (non-hydrogen) atoms. The number of hydrogen-bond acceptors (Lipinski definition) is 5. The van der Waals surface area contributed by atoms with Crippen LogP contribution in [0.2, 0.25) is 0 Å². The minimum Gasteiger partial charge on any atom is -0.481 e. The summed E-state index contributed by atoms with van der Waals surface area (Å²) in [5.41, 5.74) is -0.173. The van der Waals surface area contributed by atoms with Gasteiger partial charge in [-0.15, -0.1) is 11.8 Å². The molecule has 0 bridgehead atoms. The fourth-order valence-corrected chi connectivity index (χ4v) is 2.63. The molecule has 7 nitrogen and oxygen atoms in total. The van der Waals surface area contributed by atoms with Crippen molar-refractivity contribution < 1.29 is 27.5 Å². The van der Waals surface area contributed by atoms with Crippen LogP contribution in [0.1, 0.15) is 10.4 Å². The first-order valence-corrected chi connectivity index (χ1v) is 9.09. The Morgan fingerprint density at radius 2 is 2.05 bits per heavy atom. The van der Waals surface area contributed by atoms with E-state index < -0.39 is 27.7 Å². The van der Waals surface area contributed by atoms with E-state index in [2.05, 4.69) is 10.0 Å². The Morgan fingerprint density at radius 3 is 2.64 bits per heavy atom. The van der Waals surface area contributed by atoms with Gasteiger partial charge in [0.05, 0.1) is 23.3 Å². The maximum absolute atomic E-state index is 13.2. The molecule has 0 aliphatic heterocycles. The second kappa shape index (κ2) is 7.99. The van der Waals surface area contributed by atoms with E-state index in [0.29, 0.717) is 5.75 Å². The van der Waals surface area contributed by atoms with Crippen molar-refractivity contribution in [2.75, 3.05) is 29.0 Å². The molecule has 0 atom stereocenters. The summed E-state index contributed by atoms with van der Waals surface area (Å²) >= 11 is 1.12. The average molecular weight is 350 g/mol. The highest BCUT2D eigenvalue weighted by Gasteiger charge is 2.15. The van der Waals surface area contributed by atoms with Gasteiger partial charge in [0.15, 0.2) is 0 Å². The zero-order chi connectivity index (χ0) is 16.8. The lowest BCUT2D eigenvalue weighted by Crippen LogP contribution is -2.27. The highest BCUT2D eigenvalue weighted by molar-refractivity contribution is 7.99. The summed E-state index contributed by atoms with van der Waals surface area (Å²) in [4.78, 5) is 22.3. The average Bonchev–Trinajstić information content (AvgIpc) is 2.38. The molecule has 0 aliphatic carbocycles. The third-order valence-electron chi connectivity index (χ3n) is 2.28. The Hall–Kier alpha value is -1.81. The maximum Gasteiger partial charge on any atom is 0.313 e. The molecule has 1 aromatic carbocycles. The van der Waals surface area contributed by atoms with Gasteiger partial charge in [-0.2, -0.15) is 0 Å². The Bertz CT molecular complexity index is 663. The van der Waals surface area contributed by atoms with Crippen molar-refractivity contribution >= 4 is 39.3 Å². The van der Waals surface area contributed by atoms with Gasteiger partial charge in [-0.25, -0.2) is 12.8 Å². The van der Waals surface area contributed by atoms with Gasteiger partial charge < -0.3 is 10.4 Å². The third-order valence-corrected chi connectivity index (χ3v) is 3.81. The Kier molecular flexibility index (Phi) is 6.62. The molecule has 1 amide bonds. The second-order valence-corrected chi connectivity index (χ2v) is 7.12. The topological polar surface area (TPSA) is 113 Å². The minimum atomic E-state index is -3.61. The molecule has 0 saturated heterocycles. The van der Waals surface area contributed by atoms with Crippen molar-refractivity contribution in [2.45, 2.75) is 0 Å². The monoisotopic (exact) mass is 350 g/mol. The number of thioether (sulfide) groups is 1. The van der Waals surface area contributed by atoms with Crippen LogP contribution in [0.3, 0.4) is 0 Å². The minimum absolute atomic E-state index is 0.0282. The summed E-state index contributed by atoms with van der Waals surface area (Å²) < 4.78 is 37.8. The smallest absolute Gasteiger partial charge is 0.313 e. The molecule has 0 spiro atoms. The van der Waals surface area contributed by atoms with E-state index in [1.165, 1.54) is 0 Å². The van der Waals surface area contributed by atoms with E-state index in [0.717, 1.165) is 36.2 Å². The molecule has 1 rings (SSSR count). The van der Waals surface area contributed by atoms with Crippen molar-refractivity contribution in [3.05, 3.63) is 29.6 Å². The number of carboxylic acid groups (broad SMARTS) is 1. The fraction of sp³-hybridized carbons (Fsp3) is 0.333. The van der Waals surface area contributed by atoms with E-state index in [4.69, 9.17) is 5.11 Å². The zero-order valence-corrected chi connectivity index (χ0v) is 13.3. The molecule has 0 aromatic heterocycles. The number of sulfonamides is 1. The van der Waals surface area contributed by atoms with Crippen LogP contribution >= 0.6 is 11.8 Å². The lowest BCUT2D eigenvalue weighted by molar-refractivity contribution is -0.133. The summed E-state index contributed by atoms with van der Waals surface area (Å²) in [7, 11) is -3.61. The van der Waals surface area contributed by atoms with Crippen LogP contribution in [0.25, 0.3) is 0 Å². The predicted molar refractivity (Wildman–Crippen MR) is 82.2 cm³/mol. The molecule has 1 aromatic rings. The number of aliphatic carboxylic acids is 1. The summed E-state index contributed by atoms with van der Waals surface area (Å²) in [6.45, 7) is 0.172. The Labute approximate surface area is 131 Å². The van der Waals surface area contributed by atoms with E-state index in [9.17, 15) is 22.4 Å². The molecule has 10 heteroatoms. The van der Waals surface area contributed by atoms with Crippen LogP contribution < -0.4 is 10.0 Å². The number of hydrogen-bond donors (Lipinski definition) is 3. The van der Waals surface area contributed by atoms with E-state index in [-0.39, 0.29) is 23.5 Å². The highest BCUT2D eigenvalue weighted by Crippen LogP contribution is 2.18. The van der Waals surface area contributed by atoms with Gasteiger partial charge in [0.1, 0.15) is 5.82 Å². The van der Waals surface area contributed by atoms with Crippen molar-refractivity contribution in [1.29, 1.82) is 0 Å². The first-order valence-electron chi connectivity index (χ1n) is 6.04. The fourth-order valence-electron chi connectivity index (χ4n) is 1.48. The van der Waals surface area contributed by atoms with Crippen LogP contribution in [0.5, 0.6) is 0 Å². The number of nitrogens with one attached hydrogen (secondary N) is 2. The number of rotatable bonds is 8. The number of carboxylic acids is 1. The number of carbonyl (C=O) groups is 2. The molecular weight excluding hydrogens is 335 g/mol. The zero-order valence-electron chi connectivity index (χ0n) is 11.6. The van der Waals surface area contributed by atoms with Gasteiger partial charge in [-0.3, -0.25) is 14.3 Å². The van der Waals surface area contributed by atoms with Crippen LogP contribution in [-0.2, 0) is 14.8 Å². The number of halogens is 1. The second-order valence-electron chi connectivity index (χ2n) is 4.27. The number of carbonyl (C=O) groups excluding carboxylic acids is 1. The molecule has 122 valence electrons. The van der Waals surface area contributed by atoms with Gasteiger partial charge >= 0.3 is 5.97 Å². The van der Waals surface area contributed by atoms with E-state index >= 15 is 0 Å². The SMILES string of the molecule is CS(=O)(=O)Nc1ccc(F)cc1C(=O)NCCSCC(=O)O. The summed E-state index contributed by atoms with van der Waals surface area (Å²) in [6, 6.07) is 3.12. The van der Waals surface area contributed by atoms with E-state index in [1.54, 1.807) is 0 Å². The molecule has 3 N–H and O–H groups in total. The molecule has 0 unspecified atom stereocenters. The molecule has 0 aliphatic rings. The first-order chi connectivity index (χ1) is 10.2. The number of benzene rings is 1. The third kappa shape index (κ3) is 6.76. The summed E-state index contributed by atoms with van der Waals surface area (Å²) in [5, 5.41) is 10.9. The van der Waals surface area contributed by atoms with Crippen LogP contribution in [0.4, 0.5) is 10.1 Å². The van der Waals surface area contributed by atoms with Gasteiger partial charge in [-0.05, 0) is 18.2 Å². The molecule has 0 heterocycles. The predicted octanol–water partition coefficient (Wildman–Crippen LogP) is 0.745. The lowest BCUT2D eigenvalue weighted by atomic mass is 10.1. The normalized spacial score (nSPS) is 11.0. The molecule has 0 radical (unpaired) electrons. The quantitative estimate of drug-likeness (QED) is 0.596. The Morgan fingerprint density at radius 1 is 1.36 bits per heavy atom. The maximum atomic E-state index is 13.2. The largest absolute Gasteiger partial charge is 0.481 e.